The first kappa shape index (κ1) is 27.0. The average Bonchev–Trinajstić information content (AvgIpc) is 2.97. The fraction of sp³-hybridized carbons (Fsp3) is 0.267. The fourth-order valence-corrected chi connectivity index (χ4v) is 5.65. The summed E-state index contributed by atoms with van der Waals surface area (Å²) in [5.74, 6) is 1.56. The average molecular weight is 559 g/mol. The Morgan fingerprint density at radius 2 is 1.72 bits per heavy atom. The predicted molar refractivity (Wildman–Crippen MR) is 159 cm³/mol. The van der Waals surface area contributed by atoms with Gasteiger partial charge in [0, 0.05) is 67.7 Å². The quantitative estimate of drug-likeness (QED) is 0.220. The SMILES string of the molecule is Cc1nc(SCc2cccc(C(=O)NCc3cccnc3)c2)nc(N2CCN(c3ccccc3Cl)CC2)c1C. The molecule has 0 unspecified atom stereocenters. The summed E-state index contributed by atoms with van der Waals surface area (Å²) >= 11 is 8.02. The summed E-state index contributed by atoms with van der Waals surface area (Å²) in [6, 6.07) is 19.5. The van der Waals surface area contributed by atoms with Crippen LogP contribution in [0.3, 0.4) is 0 Å². The molecule has 2 aromatic heterocycles. The lowest BCUT2D eigenvalue weighted by atomic mass is 10.1. The van der Waals surface area contributed by atoms with Gasteiger partial charge >= 0.3 is 0 Å². The molecule has 0 atom stereocenters. The van der Waals surface area contributed by atoms with Crippen LogP contribution in [0.5, 0.6) is 0 Å². The number of benzene rings is 2. The molecule has 200 valence electrons. The number of aromatic nitrogens is 3. The molecule has 0 aliphatic carbocycles. The van der Waals surface area contributed by atoms with Crippen LogP contribution in [0.2, 0.25) is 5.02 Å². The predicted octanol–water partition coefficient (Wildman–Crippen LogP) is 5.69. The Morgan fingerprint density at radius 1 is 0.949 bits per heavy atom. The third-order valence-corrected chi connectivity index (χ3v) is 8.09. The van der Waals surface area contributed by atoms with Crippen molar-refractivity contribution in [2.24, 2.45) is 0 Å². The minimum Gasteiger partial charge on any atom is -0.367 e. The molecule has 1 saturated heterocycles. The third-order valence-electron chi connectivity index (χ3n) is 6.85. The van der Waals surface area contributed by atoms with Crippen LogP contribution in [0, 0.1) is 13.8 Å². The van der Waals surface area contributed by atoms with Gasteiger partial charge in [0.15, 0.2) is 5.16 Å². The van der Waals surface area contributed by atoms with E-state index in [9.17, 15) is 4.79 Å². The Bertz CT molecular complexity index is 1440. The molecule has 0 saturated carbocycles. The van der Waals surface area contributed by atoms with Gasteiger partial charge in [0.05, 0.1) is 10.7 Å². The number of nitrogens with one attached hydrogen (secondary N) is 1. The number of para-hydroxylation sites is 1. The van der Waals surface area contributed by atoms with Crippen LogP contribution in [0.1, 0.15) is 32.7 Å². The van der Waals surface area contributed by atoms with Crippen molar-refractivity contribution in [2.75, 3.05) is 36.0 Å². The van der Waals surface area contributed by atoms with Gasteiger partial charge in [-0.15, -0.1) is 0 Å². The monoisotopic (exact) mass is 558 g/mol. The van der Waals surface area contributed by atoms with Gasteiger partial charge in [-0.25, -0.2) is 9.97 Å². The molecule has 0 bridgehead atoms. The van der Waals surface area contributed by atoms with Crippen molar-refractivity contribution in [3.63, 3.8) is 0 Å². The second kappa shape index (κ2) is 12.5. The Morgan fingerprint density at radius 3 is 2.49 bits per heavy atom. The Labute approximate surface area is 238 Å². The zero-order valence-corrected chi connectivity index (χ0v) is 23.7. The highest BCUT2D eigenvalue weighted by molar-refractivity contribution is 7.98. The molecule has 1 aliphatic heterocycles. The van der Waals surface area contributed by atoms with Crippen molar-refractivity contribution in [2.45, 2.75) is 31.3 Å². The van der Waals surface area contributed by atoms with Crippen LogP contribution in [0.15, 0.2) is 78.2 Å². The first-order valence-electron chi connectivity index (χ1n) is 13.0. The maximum absolute atomic E-state index is 12.7. The molecule has 39 heavy (non-hydrogen) atoms. The van der Waals surface area contributed by atoms with E-state index in [1.54, 1.807) is 24.2 Å². The van der Waals surface area contributed by atoms with Crippen molar-refractivity contribution in [3.05, 3.63) is 106 Å². The van der Waals surface area contributed by atoms with Crippen molar-refractivity contribution in [1.82, 2.24) is 20.3 Å². The summed E-state index contributed by atoms with van der Waals surface area (Å²) in [4.78, 5) is 31.2. The number of nitrogens with zero attached hydrogens (tertiary/aromatic N) is 5. The van der Waals surface area contributed by atoms with Gasteiger partial charge < -0.3 is 15.1 Å². The lowest BCUT2D eigenvalue weighted by Gasteiger charge is -2.37. The standard InChI is InChI=1S/C30H31ClN6OS/c1-21-22(2)34-30(35-28(21)37-15-13-36(14-16-37)27-11-4-3-10-26(27)31)39-20-23-7-5-9-25(17-23)29(38)33-19-24-8-6-12-32-18-24/h3-12,17-18H,13-16,19-20H2,1-2H3,(H,33,38). The van der Waals surface area contributed by atoms with Gasteiger partial charge in [-0.1, -0.05) is 53.7 Å². The minimum atomic E-state index is -0.105. The molecule has 9 heteroatoms. The summed E-state index contributed by atoms with van der Waals surface area (Å²) in [6.07, 6.45) is 3.47. The Hall–Kier alpha value is -3.62. The molecule has 0 radical (unpaired) electrons. The number of hydrogen-bond acceptors (Lipinski definition) is 7. The lowest BCUT2D eigenvalue weighted by Crippen LogP contribution is -2.47. The number of carbonyl (C=O) groups excluding carboxylic acids is 1. The zero-order valence-electron chi connectivity index (χ0n) is 22.1. The van der Waals surface area contributed by atoms with E-state index in [0.717, 1.165) is 70.2 Å². The molecule has 1 amide bonds. The number of piperazine rings is 1. The van der Waals surface area contributed by atoms with Crippen LogP contribution in [-0.4, -0.2) is 47.0 Å². The first-order valence-corrected chi connectivity index (χ1v) is 14.3. The van der Waals surface area contributed by atoms with Gasteiger partial charge in [-0.05, 0) is 55.3 Å². The lowest BCUT2D eigenvalue weighted by molar-refractivity contribution is 0.0951. The molecule has 1 N–H and O–H groups in total. The highest BCUT2D eigenvalue weighted by Crippen LogP contribution is 2.30. The molecular formula is C30H31ClN6OS. The van der Waals surface area contributed by atoms with E-state index < -0.39 is 0 Å². The normalized spacial score (nSPS) is 13.4. The molecule has 7 nitrogen and oxygen atoms in total. The Kier molecular flexibility index (Phi) is 8.64. The number of anilines is 2. The molecule has 1 aliphatic rings. The largest absolute Gasteiger partial charge is 0.367 e. The number of amides is 1. The molecule has 4 aromatic rings. The number of pyridine rings is 1. The van der Waals surface area contributed by atoms with Crippen LogP contribution in [0.4, 0.5) is 11.5 Å². The van der Waals surface area contributed by atoms with Crippen molar-refractivity contribution in [3.8, 4) is 0 Å². The first-order chi connectivity index (χ1) is 19.0. The second-order valence-electron chi connectivity index (χ2n) is 9.50. The summed E-state index contributed by atoms with van der Waals surface area (Å²) in [5, 5.41) is 4.49. The van der Waals surface area contributed by atoms with E-state index in [0.29, 0.717) is 17.9 Å². The second-order valence-corrected chi connectivity index (χ2v) is 10.8. The third kappa shape index (κ3) is 6.69. The molecular weight excluding hydrogens is 528 g/mol. The van der Waals surface area contributed by atoms with Gasteiger partial charge in [0.25, 0.3) is 5.91 Å². The van der Waals surface area contributed by atoms with Gasteiger partial charge in [0.2, 0.25) is 0 Å². The number of hydrogen-bond donors (Lipinski definition) is 1. The van der Waals surface area contributed by atoms with E-state index >= 15 is 0 Å². The topological polar surface area (TPSA) is 74.2 Å². The van der Waals surface area contributed by atoms with Crippen LogP contribution in [0.25, 0.3) is 0 Å². The van der Waals surface area contributed by atoms with Gasteiger partial charge in [-0.3, -0.25) is 9.78 Å². The van der Waals surface area contributed by atoms with Crippen LogP contribution in [-0.2, 0) is 12.3 Å². The summed E-state index contributed by atoms with van der Waals surface area (Å²) in [6.45, 7) is 8.06. The van der Waals surface area contributed by atoms with E-state index in [2.05, 4.69) is 33.1 Å². The number of halogens is 1. The van der Waals surface area contributed by atoms with E-state index in [-0.39, 0.29) is 5.91 Å². The van der Waals surface area contributed by atoms with Crippen molar-refractivity contribution >= 4 is 40.8 Å². The van der Waals surface area contributed by atoms with Crippen LogP contribution < -0.4 is 15.1 Å². The van der Waals surface area contributed by atoms with E-state index in [4.69, 9.17) is 21.6 Å². The Balaban J connectivity index is 1.22. The maximum Gasteiger partial charge on any atom is 0.251 e. The highest BCUT2D eigenvalue weighted by atomic mass is 35.5. The number of aryl methyl sites for hydroxylation is 1. The van der Waals surface area contributed by atoms with Gasteiger partial charge in [-0.2, -0.15) is 0 Å². The van der Waals surface area contributed by atoms with Gasteiger partial charge in [0.1, 0.15) is 5.82 Å². The number of carbonyl (C=O) groups is 1. The number of thioether (sulfide) groups is 1. The molecule has 3 heterocycles. The minimum absolute atomic E-state index is 0.105. The van der Waals surface area contributed by atoms with Crippen molar-refractivity contribution < 1.29 is 4.79 Å². The smallest absolute Gasteiger partial charge is 0.251 e. The molecule has 5 rings (SSSR count). The summed E-state index contributed by atoms with van der Waals surface area (Å²) in [5.41, 5.74) is 5.82. The molecule has 0 spiro atoms. The highest BCUT2D eigenvalue weighted by Gasteiger charge is 2.22. The molecule has 2 aromatic carbocycles. The fourth-order valence-electron chi connectivity index (χ4n) is 4.57. The summed E-state index contributed by atoms with van der Waals surface area (Å²) in [7, 11) is 0. The summed E-state index contributed by atoms with van der Waals surface area (Å²) < 4.78 is 0. The van der Waals surface area contributed by atoms with E-state index in [1.807, 2.05) is 61.5 Å². The molecule has 1 fully saturated rings. The van der Waals surface area contributed by atoms with Crippen molar-refractivity contribution in [1.29, 1.82) is 0 Å². The zero-order chi connectivity index (χ0) is 27.2. The maximum atomic E-state index is 12.7. The number of rotatable bonds is 8. The van der Waals surface area contributed by atoms with Crippen LogP contribution >= 0.6 is 23.4 Å². The van der Waals surface area contributed by atoms with E-state index in [1.165, 1.54) is 0 Å².